The number of carbonyl (C=O) groups is 1. The van der Waals surface area contributed by atoms with E-state index in [4.69, 9.17) is 4.74 Å². The van der Waals surface area contributed by atoms with Crippen molar-refractivity contribution in [3.63, 3.8) is 0 Å². The van der Waals surface area contributed by atoms with Gasteiger partial charge in [0.05, 0.1) is 5.69 Å². The number of hydrogen-bond donors (Lipinski definition) is 0. The highest BCUT2D eigenvalue weighted by atomic mass is 16.5. The van der Waals surface area contributed by atoms with Crippen molar-refractivity contribution in [2.45, 2.75) is 26.4 Å². The number of fused-ring (bicyclic) bond motifs is 1. The fourth-order valence-corrected chi connectivity index (χ4v) is 2.40. The SMILES string of the molecule is C=C(C)c1nn(-c2ccccc2)c2c1C(=O)C[C@@H](C)O2. The van der Waals surface area contributed by atoms with Crippen LogP contribution in [-0.4, -0.2) is 21.7 Å². The van der Waals surface area contributed by atoms with Crippen LogP contribution >= 0.6 is 0 Å². The van der Waals surface area contributed by atoms with Crippen LogP contribution < -0.4 is 4.74 Å². The molecule has 2 heterocycles. The number of ketones is 1. The second-order valence-corrected chi connectivity index (χ2v) is 5.11. The molecule has 4 heteroatoms. The zero-order valence-corrected chi connectivity index (χ0v) is 11.6. The van der Waals surface area contributed by atoms with Gasteiger partial charge < -0.3 is 4.74 Å². The summed E-state index contributed by atoms with van der Waals surface area (Å²) in [6.45, 7) is 7.65. The molecule has 2 aromatic rings. The number of hydrogen-bond acceptors (Lipinski definition) is 3. The fraction of sp³-hybridized carbons (Fsp3) is 0.250. The summed E-state index contributed by atoms with van der Waals surface area (Å²) >= 11 is 0. The number of nitrogens with zero attached hydrogens (tertiary/aromatic N) is 2. The lowest BCUT2D eigenvalue weighted by Crippen LogP contribution is -2.25. The van der Waals surface area contributed by atoms with E-state index in [1.54, 1.807) is 4.68 Å². The Hall–Kier alpha value is -2.36. The first-order valence-corrected chi connectivity index (χ1v) is 6.62. The Morgan fingerprint density at radius 1 is 1.40 bits per heavy atom. The summed E-state index contributed by atoms with van der Waals surface area (Å²) in [5.74, 6) is 0.594. The van der Waals surface area contributed by atoms with Gasteiger partial charge in [0.25, 0.3) is 0 Å². The van der Waals surface area contributed by atoms with Gasteiger partial charge in [-0.1, -0.05) is 24.8 Å². The van der Waals surface area contributed by atoms with Gasteiger partial charge in [-0.2, -0.15) is 9.78 Å². The van der Waals surface area contributed by atoms with Gasteiger partial charge in [0, 0.05) is 6.42 Å². The number of ether oxygens (including phenoxy) is 1. The van der Waals surface area contributed by atoms with Crippen molar-refractivity contribution >= 4 is 11.4 Å². The third kappa shape index (κ3) is 1.93. The van der Waals surface area contributed by atoms with Gasteiger partial charge in [0.2, 0.25) is 5.88 Å². The van der Waals surface area contributed by atoms with E-state index in [1.807, 2.05) is 44.2 Å². The highest BCUT2D eigenvalue weighted by Gasteiger charge is 2.32. The summed E-state index contributed by atoms with van der Waals surface area (Å²) in [6, 6.07) is 9.66. The van der Waals surface area contributed by atoms with Crippen LogP contribution in [0.4, 0.5) is 0 Å². The first-order chi connectivity index (χ1) is 9.58. The van der Waals surface area contributed by atoms with Gasteiger partial charge >= 0.3 is 0 Å². The minimum absolute atomic E-state index is 0.0685. The summed E-state index contributed by atoms with van der Waals surface area (Å²) in [5.41, 5.74) is 2.82. The van der Waals surface area contributed by atoms with Crippen molar-refractivity contribution in [1.29, 1.82) is 0 Å². The molecule has 0 aliphatic carbocycles. The Kier molecular flexibility index (Phi) is 2.93. The third-order valence-corrected chi connectivity index (χ3v) is 3.31. The Morgan fingerprint density at radius 2 is 2.10 bits per heavy atom. The number of allylic oxidation sites excluding steroid dienone is 1. The zero-order valence-electron chi connectivity index (χ0n) is 11.6. The van der Waals surface area contributed by atoms with Gasteiger partial charge in [-0.05, 0) is 31.6 Å². The van der Waals surface area contributed by atoms with Crippen LogP contribution in [0.1, 0.15) is 36.3 Å². The molecule has 0 N–H and O–H groups in total. The van der Waals surface area contributed by atoms with Crippen LogP contribution in [0.15, 0.2) is 36.9 Å². The smallest absolute Gasteiger partial charge is 0.228 e. The summed E-state index contributed by atoms with van der Waals surface area (Å²) in [7, 11) is 0. The van der Waals surface area contributed by atoms with E-state index in [9.17, 15) is 4.79 Å². The Labute approximate surface area is 117 Å². The molecule has 1 aliphatic heterocycles. The number of Topliss-reactive ketones (excluding diaryl/α,β-unsaturated/α-hetero) is 1. The van der Waals surface area contributed by atoms with E-state index in [2.05, 4.69) is 11.7 Å². The zero-order chi connectivity index (χ0) is 14.3. The summed E-state index contributed by atoms with van der Waals surface area (Å²) < 4.78 is 7.54. The van der Waals surface area contributed by atoms with Gasteiger partial charge in [-0.25, -0.2) is 0 Å². The fourth-order valence-electron chi connectivity index (χ4n) is 2.40. The second kappa shape index (κ2) is 4.63. The van der Waals surface area contributed by atoms with E-state index in [1.165, 1.54) is 0 Å². The molecule has 0 fully saturated rings. The molecule has 1 aromatic carbocycles. The molecule has 3 rings (SSSR count). The normalized spacial score (nSPS) is 17.5. The highest BCUT2D eigenvalue weighted by molar-refractivity contribution is 6.03. The van der Waals surface area contributed by atoms with Crippen molar-refractivity contribution < 1.29 is 9.53 Å². The number of rotatable bonds is 2. The molecule has 0 radical (unpaired) electrons. The third-order valence-electron chi connectivity index (χ3n) is 3.31. The first-order valence-electron chi connectivity index (χ1n) is 6.62. The number of aromatic nitrogens is 2. The molecule has 1 atom stereocenters. The lowest BCUT2D eigenvalue weighted by atomic mass is 10.0. The largest absolute Gasteiger partial charge is 0.474 e. The quantitative estimate of drug-likeness (QED) is 0.839. The molecule has 0 amide bonds. The predicted molar refractivity (Wildman–Crippen MR) is 77.3 cm³/mol. The Bertz CT molecular complexity index is 686. The number of carbonyl (C=O) groups excluding carboxylic acids is 1. The molecule has 1 aliphatic rings. The predicted octanol–water partition coefficient (Wildman–Crippen LogP) is 3.26. The molecule has 0 saturated carbocycles. The lowest BCUT2D eigenvalue weighted by Gasteiger charge is -2.21. The van der Waals surface area contributed by atoms with Crippen LogP contribution in [-0.2, 0) is 0 Å². The average Bonchev–Trinajstić information content (AvgIpc) is 2.79. The van der Waals surface area contributed by atoms with Crippen LogP contribution in [0.2, 0.25) is 0 Å². The van der Waals surface area contributed by atoms with Crippen molar-refractivity contribution in [1.82, 2.24) is 9.78 Å². The first kappa shape index (κ1) is 12.7. The van der Waals surface area contributed by atoms with Crippen LogP contribution in [0.25, 0.3) is 11.3 Å². The van der Waals surface area contributed by atoms with E-state index in [-0.39, 0.29) is 11.9 Å². The minimum Gasteiger partial charge on any atom is -0.474 e. The maximum Gasteiger partial charge on any atom is 0.228 e. The molecule has 0 bridgehead atoms. The molecule has 4 nitrogen and oxygen atoms in total. The maximum absolute atomic E-state index is 12.3. The average molecular weight is 268 g/mol. The van der Waals surface area contributed by atoms with Gasteiger partial charge in [-0.3, -0.25) is 4.79 Å². The Balaban J connectivity index is 2.25. The minimum atomic E-state index is -0.132. The van der Waals surface area contributed by atoms with E-state index >= 15 is 0 Å². The lowest BCUT2D eigenvalue weighted by molar-refractivity contribution is 0.0860. The highest BCUT2D eigenvalue weighted by Crippen LogP contribution is 2.35. The van der Waals surface area contributed by atoms with Crippen LogP contribution in [0, 0.1) is 0 Å². The van der Waals surface area contributed by atoms with Crippen LogP contribution in [0.3, 0.4) is 0 Å². The number of benzene rings is 1. The van der Waals surface area contributed by atoms with Crippen molar-refractivity contribution in [2.24, 2.45) is 0 Å². The molecular weight excluding hydrogens is 252 g/mol. The monoisotopic (exact) mass is 268 g/mol. The summed E-state index contributed by atoms with van der Waals surface area (Å²) in [5, 5.41) is 4.52. The van der Waals surface area contributed by atoms with Gasteiger partial charge in [0.1, 0.15) is 17.4 Å². The molecule has 0 saturated heterocycles. The summed E-state index contributed by atoms with van der Waals surface area (Å²) in [6.07, 6.45) is 0.250. The van der Waals surface area contributed by atoms with E-state index in [0.717, 1.165) is 11.3 Å². The maximum atomic E-state index is 12.3. The van der Waals surface area contributed by atoms with Crippen molar-refractivity contribution in [3.8, 4) is 11.6 Å². The van der Waals surface area contributed by atoms with E-state index in [0.29, 0.717) is 23.6 Å². The van der Waals surface area contributed by atoms with Crippen molar-refractivity contribution in [2.75, 3.05) is 0 Å². The molecular formula is C16H16N2O2. The van der Waals surface area contributed by atoms with Gasteiger partial charge in [-0.15, -0.1) is 0 Å². The molecule has 102 valence electrons. The molecule has 0 spiro atoms. The van der Waals surface area contributed by atoms with Crippen LogP contribution in [0.5, 0.6) is 5.88 Å². The standard InChI is InChI=1S/C16H16N2O2/c1-10(2)15-14-13(19)9-11(3)20-16(14)18(17-15)12-7-5-4-6-8-12/h4-8,11H,1,9H2,2-3H3/t11-/m1/s1. The Morgan fingerprint density at radius 3 is 2.75 bits per heavy atom. The molecule has 0 unspecified atom stereocenters. The molecule has 1 aromatic heterocycles. The van der Waals surface area contributed by atoms with Crippen molar-refractivity contribution in [3.05, 3.63) is 48.2 Å². The van der Waals surface area contributed by atoms with Gasteiger partial charge in [0.15, 0.2) is 5.78 Å². The van der Waals surface area contributed by atoms with E-state index < -0.39 is 0 Å². The summed E-state index contributed by atoms with van der Waals surface area (Å²) in [4.78, 5) is 12.3. The second-order valence-electron chi connectivity index (χ2n) is 5.11. The topological polar surface area (TPSA) is 44.1 Å². The number of para-hydroxylation sites is 1. The molecule has 20 heavy (non-hydrogen) atoms.